The number of benzene rings is 1. The predicted octanol–water partition coefficient (Wildman–Crippen LogP) is 1.84. The van der Waals surface area contributed by atoms with Crippen LogP contribution in [0.5, 0.6) is 5.75 Å². The number of anilines is 1. The molecule has 0 saturated carbocycles. The smallest absolute Gasteiger partial charge is 0.260 e. The van der Waals surface area contributed by atoms with E-state index in [1.54, 1.807) is 12.1 Å². The van der Waals surface area contributed by atoms with E-state index in [4.69, 9.17) is 5.26 Å². The summed E-state index contributed by atoms with van der Waals surface area (Å²) in [5, 5.41) is 27.0. The Kier molecular flexibility index (Phi) is 3.47. The van der Waals surface area contributed by atoms with E-state index in [0.717, 1.165) is 3.57 Å². The van der Waals surface area contributed by atoms with E-state index in [1.165, 1.54) is 12.3 Å². The number of aromatic hydroxyl groups is 1. The quantitative estimate of drug-likeness (QED) is 0.717. The third-order valence-corrected chi connectivity index (χ3v) is 2.87. The molecule has 0 fully saturated rings. The summed E-state index contributed by atoms with van der Waals surface area (Å²) in [6, 6.07) is 6.56. The van der Waals surface area contributed by atoms with Gasteiger partial charge in [0.2, 0.25) is 0 Å². The van der Waals surface area contributed by atoms with Crippen molar-refractivity contribution >= 4 is 34.3 Å². The second-order valence-corrected chi connectivity index (χ2v) is 4.63. The van der Waals surface area contributed by atoms with Crippen molar-refractivity contribution in [1.29, 1.82) is 5.26 Å². The van der Waals surface area contributed by atoms with E-state index in [9.17, 15) is 9.90 Å². The molecule has 0 aliphatic heterocycles. The van der Waals surface area contributed by atoms with Crippen molar-refractivity contribution in [2.45, 2.75) is 0 Å². The topological polar surface area (TPSA) is 102 Å². The molecule has 0 radical (unpaired) electrons. The number of amides is 1. The van der Waals surface area contributed by atoms with Crippen LogP contribution in [0.3, 0.4) is 0 Å². The van der Waals surface area contributed by atoms with Crippen LogP contribution in [0.2, 0.25) is 0 Å². The molecule has 0 aliphatic carbocycles. The molecule has 18 heavy (non-hydrogen) atoms. The fraction of sp³-hybridized carbons (Fsp3) is 0. The molecule has 0 spiro atoms. The van der Waals surface area contributed by atoms with Gasteiger partial charge in [-0.3, -0.25) is 9.89 Å². The van der Waals surface area contributed by atoms with E-state index in [1.807, 2.05) is 28.7 Å². The molecule has 1 aromatic heterocycles. The standard InChI is InChI=1S/C11H7IN4O2/c12-7-1-2-9(17)8(3-7)11(18)15-10-6(4-13)5-14-16-10/h1-3,5,17H,(H2,14,15,16,18). The van der Waals surface area contributed by atoms with Gasteiger partial charge in [-0.05, 0) is 40.8 Å². The Balaban J connectivity index is 2.28. The highest BCUT2D eigenvalue weighted by Crippen LogP contribution is 2.21. The summed E-state index contributed by atoms with van der Waals surface area (Å²) < 4.78 is 0.820. The average molecular weight is 354 g/mol. The van der Waals surface area contributed by atoms with Crippen molar-refractivity contribution in [3.63, 3.8) is 0 Å². The van der Waals surface area contributed by atoms with Crippen molar-refractivity contribution in [1.82, 2.24) is 10.2 Å². The van der Waals surface area contributed by atoms with Crippen LogP contribution in [0.4, 0.5) is 5.82 Å². The monoisotopic (exact) mass is 354 g/mol. The minimum absolute atomic E-state index is 0.120. The van der Waals surface area contributed by atoms with Gasteiger partial charge in [0.05, 0.1) is 11.8 Å². The molecule has 1 amide bonds. The Bertz CT molecular complexity index is 645. The second kappa shape index (κ2) is 5.05. The summed E-state index contributed by atoms with van der Waals surface area (Å²) in [7, 11) is 0. The summed E-state index contributed by atoms with van der Waals surface area (Å²) >= 11 is 2.04. The van der Waals surface area contributed by atoms with Crippen molar-refractivity contribution < 1.29 is 9.90 Å². The van der Waals surface area contributed by atoms with Crippen LogP contribution in [0, 0.1) is 14.9 Å². The molecule has 0 unspecified atom stereocenters. The van der Waals surface area contributed by atoms with E-state index in [-0.39, 0.29) is 22.7 Å². The van der Waals surface area contributed by atoms with Gasteiger partial charge in [-0.15, -0.1) is 0 Å². The second-order valence-electron chi connectivity index (χ2n) is 3.39. The van der Waals surface area contributed by atoms with Crippen LogP contribution < -0.4 is 5.32 Å². The number of hydrogen-bond acceptors (Lipinski definition) is 4. The number of carbonyl (C=O) groups is 1. The molecule has 2 aromatic rings. The molecule has 0 bridgehead atoms. The van der Waals surface area contributed by atoms with Crippen LogP contribution in [0.1, 0.15) is 15.9 Å². The highest BCUT2D eigenvalue weighted by Gasteiger charge is 2.14. The number of hydrogen-bond donors (Lipinski definition) is 3. The summed E-state index contributed by atoms with van der Waals surface area (Å²) in [5.41, 5.74) is 0.369. The zero-order chi connectivity index (χ0) is 13.1. The Morgan fingerprint density at radius 3 is 3.06 bits per heavy atom. The summed E-state index contributed by atoms with van der Waals surface area (Å²) in [6.07, 6.45) is 1.31. The van der Waals surface area contributed by atoms with Gasteiger partial charge >= 0.3 is 0 Å². The first-order valence-electron chi connectivity index (χ1n) is 4.85. The Morgan fingerprint density at radius 1 is 1.56 bits per heavy atom. The molecule has 1 heterocycles. The first kappa shape index (κ1) is 12.4. The normalized spacial score (nSPS) is 9.78. The third kappa shape index (κ3) is 2.43. The van der Waals surface area contributed by atoms with E-state index in [2.05, 4.69) is 15.5 Å². The lowest BCUT2D eigenvalue weighted by atomic mass is 10.2. The molecule has 0 atom stereocenters. The number of halogens is 1. The molecule has 2 rings (SSSR count). The fourth-order valence-corrected chi connectivity index (χ4v) is 1.83. The summed E-state index contributed by atoms with van der Waals surface area (Å²) in [6.45, 7) is 0. The molecule has 6 nitrogen and oxygen atoms in total. The lowest BCUT2D eigenvalue weighted by Crippen LogP contribution is -2.13. The maximum Gasteiger partial charge on any atom is 0.260 e. The minimum atomic E-state index is -0.508. The van der Waals surface area contributed by atoms with Gasteiger partial charge in [0, 0.05) is 3.57 Å². The highest BCUT2D eigenvalue weighted by atomic mass is 127. The number of phenolic OH excluding ortho intramolecular Hbond substituents is 1. The fourth-order valence-electron chi connectivity index (χ4n) is 1.34. The number of nitrogens with one attached hydrogen (secondary N) is 2. The number of aromatic amines is 1. The Labute approximate surface area is 116 Å². The van der Waals surface area contributed by atoms with Crippen molar-refractivity contribution in [2.75, 3.05) is 5.32 Å². The Morgan fingerprint density at radius 2 is 2.33 bits per heavy atom. The molecule has 90 valence electrons. The lowest BCUT2D eigenvalue weighted by Gasteiger charge is -2.05. The van der Waals surface area contributed by atoms with Gasteiger partial charge in [0.25, 0.3) is 5.91 Å². The van der Waals surface area contributed by atoms with Gasteiger partial charge in [-0.25, -0.2) is 0 Å². The molecule has 3 N–H and O–H groups in total. The lowest BCUT2D eigenvalue weighted by molar-refractivity contribution is 0.102. The van der Waals surface area contributed by atoms with Gasteiger partial charge in [-0.1, -0.05) is 0 Å². The van der Waals surface area contributed by atoms with Crippen molar-refractivity contribution in [2.24, 2.45) is 0 Å². The summed E-state index contributed by atoms with van der Waals surface area (Å²) in [5.74, 6) is -0.418. The Hall–Kier alpha value is -2.08. The van der Waals surface area contributed by atoms with Gasteiger partial charge in [-0.2, -0.15) is 10.4 Å². The first-order valence-corrected chi connectivity index (χ1v) is 5.93. The van der Waals surface area contributed by atoms with Gasteiger partial charge in [0.1, 0.15) is 23.2 Å². The van der Waals surface area contributed by atoms with Crippen LogP contribution in [-0.4, -0.2) is 21.2 Å². The first-order chi connectivity index (χ1) is 8.61. The molecule has 1 aromatic carbocycles. The molecular weight excluding hydrogens is 347 g/mol. The maximum atomic E-state index is 11.9. The molecule has 0 saturated heterocycles. The number of carbonyl (C=O) groups excluding carboxylic acids is 1. The number of rotatable bonds is 2. The van der Waals surface area contributed by atoms with Crippen LogP contribution in [0.15, 0.2) is 24.4 Å². The number of aromatic nitrogens is 2. The maximum absolute atomic E-state index is 11.9. The zero-order valence-electron chi connectivity index (χ0n) is 8.94. The number of phenols is 1. The van der Waals surface area contributed by atoms with Crippen LogP contribution in [-0.2, 0) is 0 Å². The van der Waals surface area contributed by atoms with E-state index >= 15 is 0 Å². The van der Waals surface area contributed by atoms with Crippen molar-refractivity contribution in [3.05, 3.63) is 39.1 Å². The highest BCUT2D eigenvalue weighted by molar-refractivity contribution is 14.1. The largest absolute Gasteiger partial charge is 0.507 e. The number of nitrogens with zero attached hydrogens (tertiary/aromatic N) is 2. The third-order valence-electron chi connectivity index (χ3n) is 2.20. The number of H-pyrrole nitrogens is 1. The van der Waals surface area contributed by atoms with E-state index < -0.39 is 5.91 Å². The van der Waals surface area contributed by atoms with Crippen molar-refractivity contribution in [3.8, 4) is 11.8 Å². The summed E-state index contributed by atoms with van der Waals surface area (Å²) in [4.78, 5) is 11.9. The SMILES string of the molecule is N#Cc1cn[nH]c1NC(=O)c1cc(I)ccc1O. The molecule has 7 heteroatoms. The van der Waals surface area contributed by atoms with Crippen LogP contribution in [0.25, 0.3) is 0 Å². The van der Waals surface area contributed by atoms with Gasteiger partial charge in [0.15, 0.2) is 0 Å². The predicted molar refractivity (Wildman–Crippen MR) is 72.1 cm³/mol. The average Bonchev–Trinajstić information content (AvgIpc) is 2.79. The number of nitriles is 1. The van der Waals surface area contributed by atoms with Gasteiger partial charge < -0.3 is 10.4 Å². The molecule has 0 aliphatic rings. The minimum Gasteiger partial charge on any atom is -0.507 e. The zero-order valence-corrected chi connectivity index (χ0v) is 11.1. The van der Waals surface area contributed by atoms with E-state index in [0.29, 0.717) is 0 Å². The van der Waals surface area contributed by atoms with Crippen LogP contribution >= 0.6 is 22.6 Å². The molecular formula is C11H7IN4O2.